The van der Waals surface area contributed by atoms with Gasteiger partial charge in [0.25, 0.3) is 0 Å². The smallest absolute Gasteiger partial charge is 0.221 e. The molecule has 0 fully saturated rings. The van der Waals surface area contributed by atoms with Gasteiger partial charge in [-0.1, -0.05) is 24.3 Å². The molecule has 0 radical (unpaired) electrons. The molecule has 1 rings (SSSR count). The van der Waals surface area contributed by atoms with Gasteiger partial charge in [0.05, 0.1) is 6.26 Å². The number of nitrogens with one attached hydrogen (secondary N) is 1. The Morgan fingerprint density at radius 2 is 1.96 bits per heavy atom. The zero-order valence-corrected chi connectivity index (χ0v) is 14.9. The van der Waals surface area contributed by atoms with Crippen LogP contribution in [0.4, 0.5) is 0 Å². The van der Waals surface area contributed by atoms with Crippen LogP contribution in [0.5, 0.6) is 0 Å². The zero-order chi connectivity index (χ0) is 17.3. The van der Waals surface area contributed by atoms with E-state index in [1.165, 1.54) is 4.31 Å². The molecular formula is C16H26N2O4S. The summed E-state index contributed by atoms with van der Waals surface area (Å²) in [6.07, 6.45) is 1.91. The van der Waals surface area contributed by atoms with Gasteiger partial charge in [0, 0.05) is 39.8 Å². The first-order valence-corrected chi connectivity index (χ1v) is 9.44. The van der Waals surface area contributed by atoms with Crippen LogP contribution in [0.3, 0.4) is 0 Å². The van der Waals surface area contributed by atoms with Crippen LogP contribution in [-0.2, 0) is 26.1 Å². The fourth-order valence-electron chi connectivity index (χ4n) is 2.15. The zero-order valence-electron chi connectivity index (χ0n) is 14.0. The standard InChI is InChI=1S/C16H26N2O4S/c1-14-7-4-5-8-15(14)13-17-16(19)9-11-18(23(3,20)21)10-6-12-22-2/h4-5,7-8H,6,9-13H2,1-3H3,(H,17,19). The Morgan fingerprint density at radius 1 is 1.26 bits per heavy atom. The number of benzene rings is 1. The quantitative estimate of drug-likeness (QED) is 0.650. The molecule has 0 saturated carbocycles. The fourth-order valence-corrected chi connectivity index (χ4v) is 3.03. The molecule has 0 bridgehead atoms. The second-order valence-electron chi connectivity index (χ2n) is 5.46. The van der Waals surface area contributed by atoms with Gasteiger partial charge in [0.2, 0.25) is 15.9 Å². The second kappa shape index (κ2) is 9.64. The predicted octanol–water partition coefficient (Wildman–Crippen LogP) is 1.30. The van der Waals surface area contributed by atoms with Gasteiger partial charge in [-0.15, -0.1) is 0 Å². The molecular weight excluding hydrogens is 316 g/mol. The van der Waals surface area contributed by atoms with Gasteiger partial charge >= 0.3 is 0 Å². The van der Waals surface area contributed by atoms with E-state index in [1.54, 1.807) is 7.11 Å². The lowest BCUT2D eigenvalue weighted by molar-refractivity contribution is -0.121. The van der Waals surface area contributed by atoms with Gasteiger partial charge in [0.15, 0.2) is 0 Å². The molecule has 23 heavy (non-hydrogen) atoms. The van der Waals surface area contributed by atoms with E-state index in [9.17, 15) is 13.2 Å². The number of amides is 1. The van der Waals surface area contributed by atoms with E-state index >= 15 is 0 Å². The van der Waals surface area contributed by atoms with Crippen molar-refractivity contribution in [3.8, 4) is 0 Å². The molecule has 0 atom stereocenters. The van der Waals surface area contributed by atoms with Crippen LogP contribution in [0.15, 0.2) is 24.3 Å². The van der Waals surface area contributed by atoms with Crippen LogP contribution in [0.2, 0.25) is 0 Å². The highest BCUT2D eigenvalue weighted by Crippen LogP contribution is 2.06. The summed E-state index contributed by atoms with van der Waals surface area (Å²) in [7, 11) is -1.74. The number of sulfonamides is 1. The number of methoxy groups -OCH3 is 1. The predicted molar refractivity (Wildman–Crippen MR) is 90.6 cm³/mol. The number of rotatable bonds is 10. The Labute approximate surface area is 138 Å². The summed E-state index contributed by atoms with van der Waals surface area (Å²) >= 11 is 0. The third-order valence-corrected chi connectivity index (χ3v) is 4.85. The maximum atomic E-state index is 11.9. The summed E-state index contributed by atoms with van der Waals surface area (Å²) in [5.41, 5.74) is 2.17. The average Bonchev–Trinajstić information content (AvgIpc) is 2.48. The van der Waals surface area contributed by atoms with Crippen LogP contribution in [-0.4, -0.2) is 51.7 Å². The largest absolute Gasteiger partial charge is 0.385 e. The molecule has 6 nitrogen and oxygen atoms in total. The molecule has 0 spiro atoms. The van der Waals surface area contributed by atoms with E-state index in [-0.39, 0.29) is 18.9 Å². The van der Waals surface area contributed by atoms with E-state index < -0.39 is 10.0 Å². The molecule has 1 amide bonds. The Morgan fingerprint density at radius 3 is 2.57 bits per heavy atom. The Kier molecular flexibility index (Phi) is 8.22. The molecule has 0 unspecified atom stereocenters. The molecule has 0 aromatic heterocycles. The molecule has 0 aliphatic heterocycles. The summed E-state index contributed by atoms with van der Waals surface area (Å²) < 4.78 is 29.7. The third kappa shape index (κ3) is 7.58. The van der Waals surface area contributed by atoms with E-state index in [0.29, 0.717) is 26.1 Å². The third-order valence-electron chi connectivity index (χ3n) is 3.55. The normalized spacial score (nSPS) is 11.7. The van der Waals surface area contributed by atoms with E-state index in [0.717, 1.165) is 17.4 Å². The van der Waals surface area contributed by atoms with Crippen molar-refractivity contribution < 1.29 is 17.9 Å². The van der Waals surface area contributed by atoms with Gasteiger partial charge in [-0.3, -0.25) is 4.79 Å². The Balaban J connectivity index is 2.44. The summed E-state index contributed by atoms with van der Waals surface area (Å²) in [5.74, 6) is -0.159. The fraction of sp³-hybridized carbons (Fsp3) is 0.562. The van der Waals surface area contributed by atoms with Crippen molar-refractivity contribution in [3.63, 3.8) is 0 Å². The van der Waals surface area contributed by atoms with Gasteiger partial charge in [0.1, 0.15) is 0 Å². The topological polar surface area (TPSA) is 75.7 Å². The summed E-state index contributed by atoms with van der Waals surface area (Å²) in [6, 6.07) is 7.83. The number of nitrogens with zero attached hydrogens (tertiary/aromatic N) is 1. The second-order valence-corrected chi connectivity index (χ2v) is 7.44. The van der Waals surface area contributed by atoms with Crippen molar-refractivity contribution in [2.24, 2.45) is 0 Å². The lowest BCUT2D eigenvalue weighted by atomic mass is 10.1. The summed E-state index contributed by atoms with van der Waals surface area (Å²) in [4.78, 5) is 11.9. The summed E-state index contributed by atoms with van der Waals surface area (Å²) in [5, 5.41) is 2.83. The number of carbonyl (C=O) groups is 1. The SMILES string of the molecule is COCCCN(CCC(=O)NCc1ccccc1C)S(C)(=O)=O. The molecule has 1 aromatic carbocycles. The van der Waals surface area contributed by atoms with Crippen LogP contribution in [0, 0.1) is 6.92 Å². The van der Waals surface area contributed by atoms with Gasteiger partial charge < -0.3 is 10.1 Å². The van der Waals surface area contributed by atoms with Gasteiger partial charge in [-0.25, -0.2) is 12.7 Å². The Bertz CT molecular complexity index is 602. The highest BCUT2D eigenvalue weighted by Gasteiger charge is 2.17. The molecule has 0 saturated heterocycles. The molecule has 1 N–H and O–H groups in total. The molecule has 1 aromatic rings. The number of carbonyl (C=O) groups excluding carboxylic acids is 1. The van der Waals surface area contributed by atoms with Crippen LogP contribution in [0.25, 0.3) is 0 Å². The lowest BCUT2D eigenvalue weighted by Crippen LogP contribution is -2.35. The van der Waals surface area contributed by atoms with Crippen molar-refractivity contribution in [2.45, 2.75) is 26.3 Å². The first-order valence-electron chi connectivity index (χ1n) is 7.60. The average molecular weight is 342 g/mol. The van der Waals surface area contributed by atoms with Crippen molar-refractivity contribution in [3.05, 3.63) is 35.4 Å². The number of hydrogen-bond acceptors (Lipinski definition) is 4. The van der Waals surface area contributed by atoms with Gasteiger partial charge in [-0.05, 0) is 24.5 Å². The van der Waals surface area contributed by atoms with Crippen molar-refractivity contribution >= 4 is 15.9 Å². The van der Waals surface area contributed by atoms with Crippen molar-refractivity contribution in [1.82, 2.24) is 9.62 Å². The summed E-state index contributed by atoms with van der Waals surface area (Å²) in [6.45, 7) is 3.47. The lowest BCUT2D eigenvalue weighted by Gasteiger charge is -2.19. The van der Waals surface area contributed by atoms with Crippen LogP contribution in [0.1, 0.15) is 24.0 Å². The number of ether oxygens (including phenoxy) is 1. The van der Waals surface area contributed by atoms with Gasteiger partial charge in [-0.2, -0.15) is 0 Å². The first kappa shape index (κ1) is 19.6. The van der Waals surface area contributed by atoms with Crippen LogP contribution >= 0.6 is 0 Å². The maximum Gasteiger partial charge on any atom is 0.221 e. The molecule has 130 valence electrons. The molecule has 0 heterocycles. The van der Waals surface area contributed by atoms with Crippen molar-refractivity contribution in [2.75, 3.05) is 33.1 Å². The van der Waals surface area contributed by atoms with E-state index in [2.05, 4.69) is 5.32 Å². The minimum Gasteiger partial charge on any atom is -0.385 e. The highest BCUT2D eigenvalue weighted by atomic mass is 32.2. The minimum atomic E-state index is -3.32. The molecule has 7 heteroatoms. The van der Waals surface area contributed by atoms with E-state index in [4.69, 9.17) is 4.74 Å². The minimum absolute atomic E-state index is 0.145. The molecule has 0 aliphatic carbocycles. The van der Waals surface area contributed by atoms with Crippen molar-refractivity contribution in [1.29, 1.82) is 0 Å². The maximum absolute atomic E-state index is 11.9. The number of aryl methyl sites for hydroxylation is 1. The van der Waals surface area contributed by atoms with E-state index in [1.807, 2.05) is 31.2 Å². The number of hydrogen-bond donors (Lipinski definition) is 1. The highest BCUT2D eigenvalue weighted by molar-refractivity contribution is 7.88. The monoisotopic (exact) mass is 342 g/mol. The Hall–Kier alpha value is -1.44. The van der Waals surface area contributed by atoms with Crippen LogP contribution < -0.4 is 5.32 Å². The molecule has 0 aliphatic rings. The first-order chi connectivity index (χ1) is 10.8.